The molecule has 2 rings (SSSR count). The van der Waals surface area contributed by atoms with E-state index in [4.69, 9.17) is 0 Å². The minimum absolute atomic E-state index is 0.186. The van der Waals surface area contributed by atoms with E-state index in [2.05, 4.69) is 33.0 Å². The number of hydrogen-bond donors (Lipinski definition) is 2. The van der Waals surface area contributed by atoms with Crippen molar-refractivity contribution in [3.05, 3.63) is 0 Å². The number of nitrogens with one attached hydrogen (secondary N) is 1. The van der Waals surface area contributed by atoms with Gasteiger partial charge < -0.3 is 10.4 Å². The first-order chi connectivity index (χ1) is 8.76. The average Bonchev–Trinajstić information content (AvgIpc) is 2.71. The van der Waals surface area contributed by atoms with E-state index in [0.717, 1.165) is 6.54 Å². The van der Waals surface area contributed by atoms with Gasteiger partial charge in [-0.25, -0.2) is 0 Å². The highest BCUT2D eigenvalue weighted by molar-refractivity contribution is 4.94. The van der Waals surface area contributed by atoms with Gasteiger partial charge in [-0.2, -0.15) is 0 Å². The molecule has 0 aliphatic heterocycles. The Bertz CT molecular complexity index is 286. The van der Waals surface area contributed by atoms with Crippen LogP contribution in [0.1, 0.15) is 72.6 Å². The molecule has 0 spiro atoms. The van der Waals surface area contributed by atoms with E-state index in [9.17, 15) is 5.11 Å². The first kappa shape index (κ1) is 15.3. The van der Waals surface area contributed by atoms with Crippen LogP contribution in [0, 0.1) is 16.2 Å². The second-order valence-corrected chi connectivity index (χ2v) is 8.86. The van der Waals surface area contributed by atoms with Crippen molar-refractivity contribution < 1.29 is 5.11 Å². The van der Waals surface area contributed by atoms with Crippen molar-refractivity contribution in [2.45, 2.75) is 78.7 Å². The fourth-order valence-electron chi connectivity index (χ4n) is 4.87. The Morgan fingerprint density at radius 3 is 2.00 bits per heavy atom. The van der Waals surface area contributed by atoms with Gasteiger partial charge in [-0.15, -0.1) is 0 Å². The van der Waals surface area contributed by atoms with Crippen LogP contribution in [0.2, 0.25) is 0 Å². The quantitative estimate of drug-likeness (QED) is 0.813. The molecule has 2 fully saturated rings. The van der Waals surface area contributed by atoms with E-state index >= 15 is 0 Å². The summed E-state index contributed by atoms with van der Waals surface area (Å²) in [5.41, 5.74) is 1.08. The smallest absolute Gasteiger partial charge is 0.0499 e. The predicted octanol–water partition coefficient (Wildman–Crippen LogP) is 3.73. The summed E-state index contributed by atoms with van der Waals surface area (Å²) in [7, 11) is 0. The van der Waals surface area contributed by atoms with E-state index in [0.29, 0.717) is 23.5 Å². The van der Waals surface area contributed by atoms with Crippen molar-refractivity contribution in [2.24, 2.45) is 16.2 Å². The van der Waals surface area contributed by atoms with Gasteiger partial charge >= 0.3 is 0 Å². The molecule has 0 radical (unpaired) electrons. The van der Waals surface area contributed by atoms with Crippen molar-refractivity contribution >= 4 is 0 Å². The van der Waals surface area contributed by atoms with E-state index in [1.807, 2.05) is 0 Å². The van der Waals surface area contributed by atoms with Crippen molar-refractivity contribution in [2.75, 3.05) is 13.2 Å². The molecule has 19 heavy (non-hydrogen) atoms. The molecule has 2 nitrogen and oxygen atoms in total. The fraction of sp³-hybridized carbons (Fsp3) is 1.00. The number of aliphatic hydroxyl groups excluding tert-OH is 1. The van der Waals surface area contributed by atoms with Gasteiger partial charge in [0.05, 0.1) is 0 Å². The molecule has 0 heterocycles. The van der Waals surface area contributed by atoms with Crippen LogP contribution in [-0.4, -0.2) is 24.3 Å². The second-order valence-electron chi connectivity index (χ2n) is 8.86. The maximum absolute atomic E-state index is 9.71. The highest BCUT2D eigenvalue weighted by Gasteiger charge is 2.40. The Morgan fingerprint density at radius 2 is 1.53 bits per heavy atom. The maximum Gasteiger partial charge on any atom is 0.0499 e. The van der Waals surface area contributed by atoms with Crippen LogP contribution in [0.5, 0.6) is 0 Å². The molecule has 0 aromatic rings. The van der Waals surface area contributed by atoms with Gasteiger partial charge in [-0.05, 0) is 42.9 Å². The normalized spacial score (nSPS) is 29.5. The summed E-state index contributed by atoms with van der Waals surface area (Å²) in [6.45, 7) is 11.0. The van der Waals surface area contributed by atoms with Gasteiger partial charge in [0.2, 0.25) is 0 Å². The zero-order chi connectivity index (χ0) is 14.1. The second kappa shape index (κ2) is 5.37. The van der Waals surface area contributed by atoms with Gasteiger partial charge in [-0.1, -0.05) is 40.5 Å². The Balaban J connectivity index is 1.91. The number of aliphatic hydroxyl groups is 1. The molecule has 2 saturated carbocycles. The lowest BCUT2D eigenvalue weighted by atomic mass is 9.63. The summed E-state index contributed by atoms with van der Waals surface area (Å²) < 4.78 is 0. The molecular weight excluding hydrogens is 234 g/mol. The van der Waals surface area contributed by atoms with Crippen molar-refractivity contribution in [3.63, 3.8) is 0 Å². The van der Waals surface area contributed by atoms with Crippen molar-refractivity contribution in [3.8, 4) is 0 Å². The van der Waals surface area contributed by atoms with E-state index < -0.39 is 0 Å². The molecule has 2 aliphatic rings. The van der Waals surface area contributed by atoms with Crippen molar-refractivity contribution in [1.29, 1.82) is 0 Å². The van der Waals surface area contributed by atoms with Crippen LogP contribution in [0.4, 0.5) is 0 Å². The monoisotopic (exact) mass is 267 g/mol. The van der Waals surface area contributed by atoms with Crippen LogP contribution in [-0.2, 0) is 0 Å². The van der Waals surface area contributed by atoms with Crippen molar-refractivity contribution in [1.82, 2.24) is 5.32 Å². The van der Waals surface area contributed by atoms with Crippen LogP contribution in [0.3, 0.4) is 0 Å². The lowest BCUT2D eigenvalue weighted by Crippen LogP contribution is -2.47. The lowest BCUT2D eigenvalue weighted by Gasteiger charge is -2.46. The first-order valence-electron chi connectivity index (χ1n) is 8.10. The summed E-state index contributed by atoms with van der Waals surface area (Å²) in [5.74, 6) is 0. The largest absolute Gasteiger partial charge is 0.396 e. The third-order valence-corrected chi connectivity index (χ3v) is 5.32. The Hall–Kier alpha value is -0.0800. The topological polar surface area (TPSA) is 32.3 Å². The summed E-state index contributed by atoms with van der Waals surface area (Å²) in [6.07, 6.45) is 8.87. The van der Waals surface area contributed by atoms with E-state index in [1.165, 1.54) is 44.9 Å². The highest BCUT2D eigenvalue weighted by atomic mass is 16.3. The molecule has 0 amide bonds. The van der Waals surface area contributed by atoms with Crippen LogP contribution in [0.15, 0.2) is 0 Å². The SMILES string of the molecule is CC1(C)CC(NCC2(CO)CCCC2)CC(C)(C)C1. The molecular formula is C17H33NO. The van der Waals surface area contributed by atoms with Gasteiger partial charge in [0.25, 0.3) is 0 Å². The molecule has 0 atom stereocenters. The molecule has 0 aromatic carbocycles. The Morgan fingerprint density at radius 1 is 1.00 bits per heavy atom. The molecule has 2 heteroatoms. The minimum Gasteiger partial charge on any atom is -0.396 e. The molecule has 0 saturated heterocycles. The molecule has 0 bridgehead atoms. The van der Waals surface area contributed by atoms with Crippen LogP contribution in [0.25, 0.3) is 0 Å². The maximum atomic E-state index is 9.71. The molecule has 0 unspecified atom stereocenters. The third kappa shape index (κ3) is 3.95. The average molecular weight is 267 g/mol. The third-order valence-electron chi connectivity index (χ3n) is 5.32. The molecule has 0 aromatic heterocycles. The predicted molar refractivity (Wildman–Crippen MR) is 81.2 cm³/mol. The number of hydrogen-bond acceptors (Lipinski definition) is 2. The molecule has 2 aliphatic carbocycles. The van der Waals surface area contributed by atoms with E-state index in [1.54, 1.807) is 0 Å². The van der Waals surface area contributed by atoms with Crippen LogP contribution < -0.4 is 5.32 Å². The summed E-state index contributed by atoms with van der Waals surface area (Å²) in [4.78, 5) is 0. The van der Waals surface area contributed by atoms with Gasteiger partial charge in [0.1, 0.15) is 0 Å². The zero-order valence-corrected chi connectivity index (χ0v) is 13.4. The lowest BCUT2D eigenvalue weighted by molar-refractivity contribution is 0.0692. The summed E-state index contributed by atoms with van der Waals surface area (Å²) in [5, 5.41) is 13.5. The van der Waals surface area contributed by atoms with Gasteiger partial charge in [0.15, 0.2) is 0 Å². The minimum atomic E-state index is 0.186. The van der Waals surface area contributed by atoms with Crippen LogP contribution >= 0.6 is 0 Å². The summed E-state index contributed by atoms with van der Waals surface area (Å²) in [6, 6.07) is 0.628. The van der Waals surface area contributed by atoms with Gasteiger partial charge in [0, 0.05) is 24.6 Å². The van der Waals surface area contributed by atoms with Gasteiger partial charge in [-0.3, -0.25) is 0 Å². The Labute approximate surface area is 119 Å². The first-order valence-corrected chi connectivity index (χ1v) is 8.10. The zero-order valence-electron chi connectivity index (χ0n) is 13.4. The summed E-state index contributed by atoms with van der Waals surface area (Å²) >= 11 is 0. The van der Waals surface area contributed by atoms with E-state index in [-0.39, 0.29) is 5.41 Å². The molecule has 112 valence electrons. The standard InChI is InChI=1S/C17H33NO/c1-15(2)9-14(10-16(3,4)11-15)18-12-17(13-19)7-5-6-8-17/h14,18-19H,5-13H2,1-4H3. The number of rotatable bonds is 4. The fourth-order valence-corrected chi connectivity index (χ4v) is 4.87. The molecule has 2 N–H and O–H groups in total. The highest BCUT2D eigenvalue weighted by Crippen LogP contribution is 2.46. The Kier molecular flexibility index (Phi) is 4.32.